The topological polar surface area (TPSA) is 42.3 Å². The van der Waals surface area contributed by atoms with Gasteiger partial charge in [-0.05, 0) is 36.8 Å². The van der Waals surface area contributed by atoms with E-state index in [0.717, 1.165) is 38.6 Å². The molecule has 2 aromatic rings. The van der Waals surface area contributed by atoms with Crippen molar-refractivity contribution in [3.63, 3.8) is 0 Å². The molecule has 2 atom stereocenters. The number of hydrogen-bond donors (Lipinski definition) is 0. The Morgan fingerprint density at radius 1 is 0.913 bits per heavy atom. The van der Waals surface area contributed by atoms with Gasteiger partial charge in [0.15, 0.2) is 0 Å². The molecule has 1 saturated carbocycles. The highest BCUT2D eigenvalue weighted by atomic mass is 16.2. The van der Waals surface area contributed by atoms with Crippen LogP contribution in [-0.2, 0) is 16.1 Å². The lowest BCUT2D eigenvalue weighted by molar-refractivity contribution is -0.140. The highest BCUT2D eigenvalue weighted by Gasteiger charge is 2.47. The summed E-state index contributed by atoms with van der Waals surface area (Å²) in [6, 6.07) is 10.4. The van der Waals surface area contributed by atoms with Crippen molar-refractivity contribution in [3.8, 4) is 0 Å². The van der Waals surface area contributed by atoms with E-state index in [1.807, 2.05) is 12.1 Å². The molecule has 4 heteroatoms. The fourth-order valence-corrected chi connectivity index (χ4v) is 4.19. The van der Waals surface area contributed by atoms with Crippen molar-refractivity contribution in [2.45, 2.75) is 38.6 Å². The van der Waals surface area contributed by atoms with Crippen LogP contribution in [0.2, 0.25) is 0 Å². The molecule has 0 radical (unpaired) electrons. The van der Waals surface area contributed by atoms with Gasteiger partial charge in [0.25, 0.3) is 0 Å². The van der Waals surface area contributed by atoms with Gasteiger partial charge < -0.3 is 4.57 Å². The summed E-state index contributed by atoms with van der Waals surface area (Å²) in [6.07, 6.45) is 6.86. The second-order valence-electron chi connectivity index (χ2n) is 6.75. The van der Waals surface area contributed by atoms with Gasteiger partial charge in [-0.15, -0.1) is 0 Å². The molecule has 1 aliphatic carbocycles. The Morgan fingerprint density at radius 2 is 1.61 bits per heavy atom. The van der Waals surface area contributed by atoms with Crippen molar-refractivity contribution < 1.29 is 9.59 Å². The van der Waals surface area contributed by atoms with E-state index < -0.39 is 0 Å². The van der Waals surface area contributed by atoms with Gasteiger partial charge in [-0.1, -0.05) is 31.0 Å². The van der Waals surface area contributed by atoms with Gasteiger partial charge in [0, 0.05) is 24.8 Å². The molecule has 1 aromatic heterocycles. The number of aryl methyl sites for hydroxylation is 1. The minimum atomic E-state index is -0.0244. The van der Waals surface area contributed by atoms with Crippen LogP contribution in [0.25, 0.3) is 10.9 Å². The monoisotopic (exact) mass is 310 g/mol. The van der Waals surface area contributed by atoms with Crippen molar-refractivity contribution in [2.24, 2.45) is 11.8 Å². The van der Waals surface area contributed by atoms with Crippen LogP contribution >= 0.6 is 0 Å². The number of benzene rings is 1. The Labute approximate surface area is 136 Å². The smallest absolute Gasteiger partial charge is 0.233 e. The van der Waals surface area contributed by atoms with E-state index in [1.54, 1.807) is 0 Å². The molecule has 23 heavy (non-hydrogen) atoms. The van der Waals surface area contributed by atoms with Crippen LogP contribution in [0.4, 0.5) is 0 Å². The zero-order chi connectivity index (χ0) is 15.8. The standard InChI is InChI=1S/C19H22N2O2/c22-18-15-7-2-3-8-16(15)19(23)21(18)12-5-11-20-13-10-14-6-1-4-9-17(14)20/h1,4,6,9-10,13,15-16H,2-3,5,7-8,11-12H2. The number of nitrogens with zero attached hydrogens (tertiary/aromatic N) is 2. The maximum atomic E-state index is 12.5. The summed E-state index contributed by atoms with van der Waals surface area (Å²) in [5.41, 5.74) is 1.21. The van der Waals surface area contributed by atoms with E-state index in [-0.39, 0.29) is 23.7 Å². The number of rotatable bonds is 4. The fourth-order valence-electron chi connectivity index (χ4n) is 4.19. The van der Waals surface area contributed by atoms with Gasteiger partial charge in [0.1, 0.15) is 0 Å². The molecular weight excluding hydrogens is 288 g/mol. The third kappa shape index (κ3) is 2.46. The largest absolute Gasteiger partial charge is 0.347 e. The number of imide groups is 1. The zero-order valence-corrected chi connectivity index (χ0v) is 13.3. The second-order valence-corrected chi connectivity index (χ2v) is 6.75. The van der Waals surface area contributed by atoms with Gasteiger partial charge in [0.05, 0.1) is 11.8 Å². The molecule has 2 heterocycles. The molecule has 2 unspecified atom stereocenters. The zero-order valence-electron chi connectivity index (χ0n) is 13.3. The van der Waals surface area contributed by atoms with E-state index in [9.17, 15) is 9.59 Å². The summed E-state index contributed by atoms with van der Waals surface area (Å²) in [4.78, 5) is 26.4. The first kappa shape index (κ1) is 14.5. The molecule has 2 aliphatic rings. The van der Waals surface area contributed by atoms with E-state index in [1.165, 1.54) is 15.8 Å². The first-order chi connectivity index (χ1) is 11.3. The number of aromatic nitrogens is 1. The Kier molecular flexibility index (Phi) is 3.68. The molecule has 1 aromatic carbocycles. The van der Waals surface area contributed by atoms with Crippen LogP contribution < -0.4 is 0 Å². The summed E-state index contributed by atoms with van der Waals surface area (Å²) in [6.45, 7) is 1.39. The van der Waals surface area contributed by atoms with Crippen LogP contribution in [0, 0.1) is 11.8 Å². The summed E-state index contributed by atoms with van der Waals surface area (Å²) in [5.74, 6) is 0.112. The van der Waals surface area contributed by atoms with Crippen LogP contribution in [0.3, 0.4) is 0 Å². The Bertz CT molecular complexity index is 725. The molecule has 4 nitrogen and oxygen atoms in total. The van der Waals surface area contributed by atoms with E-state index in [4.69, 9.17) is 0 Å². The lowest BCUT2D eigenvalue weighted by atomic mass is 9.81. The maximum Gasteiger partial charge on any atom is 0.233 e. The average Bonchev–Trinajstić information content (AvgIpc) is 3.10. The molecule has 1 aliphatic heterocycles. The number of para-hydroxylation sites is 1. The van der Waals surface area contributed by atoms with Crippen LogP contribution in [0.5, 0.6) is 0 Å². The number of carbonyl (C=O) groups is 2. The summed E-state index contributed by atoms with van der Waals surface area (Å²) in [7, 11) is 0. The van der Waals surface area contributed by atoms with E-state index in [0.29, 0.717) is 6.54 Å². The van der Waals surface area contributed by atoms with Crippen molar-refractivity contribution in [3.05, 3.63) is 36.5 Å². The molecule has 0 spiro atoms. The average molecular weight is 310 g/mol. The molecule has 0 bridgehead atoms. The van der Waals surface area contributed by atoms with Crippen LogP contribution in [0.15, 0.2) is 36.5 Å². The van der Waals surface area contributed by atoms with Crippen LogP contribution in [0.1, 0.15) is 32.1 Å². The maximum absolute atomic E-state index is 12.5. The predicted octanol–water partition coefficient (Wildman–Crippen LogP) is 3.21. The van der Waals surface area contributed by atoms with Gasteiger partial charge in [-0.25, -0.2) is 0 Å². The number of hydrogen-bond acceptors (Lipinski definition) is 2. The lowest BCUT2D eigenvalue weighted by Crippen LogP contribution is -2.32. The minimum Gasteiger partial charge on any atom is -0.347 e. The van der Waals surface area contributed by atoms with Crippen molar-refractivity contribution in [2.75, 3.05) is 6.54 Å². The molecular formula is C19H22N2O2. The summed E-state index contributed by atoms with van der Waals surface area (Å²) in [5, 5.41) is 1.23. The first-order valence-corrected chi connectivity index (χ1v) is 8.65. The van der Waals surface area contributed by atoms with Gasteiger partial charge in [-0.3, -0.25) is 14.5 Å². The van der Waals surface area contributed by atoms with E-state index in [2.05, 4.69) is 29.0 Å². The third-order valence-corrected chi connectivity index (χ3v) is 5.39. The molecule has 2 amide bonds. The van der Waals surface area contributed by atoms with Crippen molar-refractivity contribution in [1.82, 2.24) is 9.47 Å². The number of amides is 2. The first-order valence-electron chi connectivity index (χ1n) is 8.65. The SMILES string of the molecule is O=C1C2CCCCC2C(=O)N1CCCn1ccc2ccccc21. The Hall–Kier alpha value is -2.10. The van der Waals surface area contributed by atoms with E-state index >= 15 is 0 Å². The lowest BCUT2D eigenvalue weighted by Gasteiger charge is -2.19. The fraction of sp³-hybridized carbons (Fsp3) is 0.474. The van der Waals surface area contributed by atoms with Crippen molar-refractivity contribution in [1.29, 1.82) is 0 Å². The minimum absolute atomic E-state index is 0.0244. The molecule has 2 fully saturated rings. The highest BCUT2D eigenvalue weighted by molar-refractivity contribution is 6.05. The molecule has 4 rings (SSSR count). The Morgan fingerprint density at radius 3 is 2.35 bits per heavy atom. The summed E-state index contributed by atoms with van der Waals surface area (Å²) >= 11 is 0. The Balaban J connectivity index is 1.41. The van der Waals surface area contributed by atoms with Gasteiger partial charge in [-0.2, -0.15) is 0 Å². The van der Waals surface area contributed by atoms with Gasteiger partial charge in [0.2, 0.25) is 11.8 Å². The van der Waals surface area contributed by atoms with Crippen LogP contribution in [-0.4, -0.2) is 27.8 Å². The summed E-state index contributed by atoms with van der Waals surface area (Å²) < 4.78 is 2.20. The second kappa shape index (κ2) is 5.84. The predicted molar refractivity (Wildman–Crippen MR) is 88.7 cm³/mol. The molecule has 120 valence electrons. The quantitative estimate of drug-likeness (QED) is 0.814. The number of carbonyl (C=O) groups excluding carboxylic acids is 2. The number of fused-ring (bicyclic) bond motifs is 2. The normalized spacial score (nSPS) is 24.4. The third-order valence-electron chi connectivity index (χ3n) is 5.39. The van der Waals surface area contributed by atoms with Gasteiger partial charge >= 0.3 is 0 Å². The molecule has 1 saturated heterocycles. The highest BCUT2D eigenvalue weighted by Crippen LogP contribution is 2.38. The molecule has 0 N–H and O–H groups in total. The number of likely N-dealkylation sites (tertiary alicyclic amines) is 1. The van der Waals surface area contributed by atoms with Crippen molar-refractivity contribution >= 4 is 22.7 Å².